The highest BCUT2D eigenvalue weighted by Gasteiger charge is 2.35. The van der Waals surface area contributed by atoms with E-state index >= 15 is 0 Å². The minimum Gasteiger partial charge on any atom is -0.304 e. The minimum absolute atomic E-state index is 0.154. The molecule has 6 nitrogen and oxygen atoms in total. The number of hydrogen-bond donors (Lipinski definition) is 1. The van der Waals surface area contributed by atoms with Crippen LogP contribution >= 0.6 is 0 Å². The highest BCUT2D eigenvalue weighted by molar-refractivity contribution is 6.02. The Kier molecular flexibility index (Phi) is 4.49. The Morgan fingerprint density at radius 3 is 2.62 bits per heavy atom. The Labute approximate surface area is 145 Å². The fraction of sp³-hybridized carbons (Fsp3) is 0.188. The largest absolute Gasteiger partial charge is 0.435 e. The molecule has 0 radical (unpaired) electrons. The zero-order valence-corrected chi connectivity index (χ0v) is 13.5. The Morgan fingerprint density at radius 2 is 1.96 bits per heavy atom. The molecule has 0 saturated heterocycles. The molecule has 0 saturated carbocycles. The van der Waals surface area contributed by atoms with E-state index in [1.54, 1.807) is 18.3 Å². The number of anilines is 1. The number of benzene rings is 1. The third-order valence-corrected chi connectivity index (χ3v) is 3.52. The molecule has 2 heterocycles. The van der Waals surface area contributed by atoms with Gasteiger partial charge in [0.25, 0.3) is 5.91 Å². The van der Waals surface area contributed by atoms with Gasteiger partial charge in [-0.05, 0) is 17.7 Å². The van der Waals surface area contributed by atoms with E-state index in [-0.39, 0.29) is 23.9 Å². The van der Waals surface area contributed by atoms with E-state index < -0.39 is 17.8 Å². The first kappa shape index (κ1) is 17.6. The fourth-order valence-corrected chi connectivity index (χ4v) is 2.34. The van der Waals surface area contributed by atoms with Gasteiger partial charge >= 0.3 is 6.18 Å². The number of nitrogens with one attached hydrogen (secondary N) is 1. The van der Waals surface area contributed by atoms with Crippen LogP contribution in [-0.2, 0) is 19.8 Å². The maximum atomic E-state index is 13.2. The molecule has 1 amide bonds. The first-order valence-electron chi connectivity index (χ1n) is 7.43. The van der Waals surface area contributed by atoms with Crippen molar-refractivity contribution in [2.24, 2.45) is 7.05 Å². The highest BCUT2D eigenvalue weighted by atomic mass is 19.4. The lowest BCUT2D eigenvalue weighted by Crippen LogP contribution is -2.16. The van der Waals surface area contributed by atoms with Crippen molar-refractivity contribution in [3.8, 4) is 0 Å². The van der Waals surface area contributed by atoms with E-state index in [0.717, 1.165) is 4.68 Å². The molecule has 136 valence electrons. The molecule has 0 atom stereocenters. The molecule has 0 aliphatic heterocycles. The standard InChI is InChI=1S/C16H13F4N5O/c1-24-12(8-13(22-24)16(18,19)20)15(26)21-14-5-6-25(23-14)9-10-3-2-4-11(17)7-10/h2-8H,9H2,1H3,(H,21,23,26). The van der Waals surface area contributed by atoms with Crippen molar-refractivity contribution in [3.63, 3.8) is 0 Å². The predicted octanol–water partition coefficient (Wildman–Crippen LogP) is 3.08. The molecule has 0 unspecified atom stereocenters. The summed E-state index contributed by atoms with van der Waals surface area (Å²) in [6.45, 7) is 0.275. The van der Waals surface area contributed by atoms with Gasteiger partial charge in [0, 0.05) is 25.4 Å². The average molecular weight is 367 g/mol. The normalized spacial score (nSPS) is 11.6. The van der Waals surface area contributed by atoms with Crippen LogP contribution in [0.25, 0.3) is 0 Å². The molecule has 0 bridgehead atoms. The van der Waals surface area contributed by atoms with Gasteiger partial charge in [0.2, 0.25) is 0 Å². The lowest BCUT2D eigenvalue weighted by Gasteiger charge is -2.03. The molecule has 3 aromatic rings. The number of aryl methyl sites for hydroxylation is 1. The molecule has 0 fully saturated rings. The van der Waals surface area contributed by atoms with Crippen LogP contribution in [0.3, 0.4) is 0 Å². The molecule has 1 N–H and O–H groups in total. The van der Waals surface area contributed by atoms with E-state index in [1.165, 1.54) is 29.9 Å². The van der Waals surface area contributed by atoms with Crippen LogP contribution in [0.2, 0.25) is 0 Å². The average Bonchev–Trinajstić information content (AvgIpc) is 3.13. The number of amides is 1. The molecule has 0 spiro atoms. The first-order chi connectivity index (χ1) is 12.2. The summed E-state index contributed by atoms with van der Waals surface area (Å²) in [7, 11) is 1.24. The fourth-order valence-electron chi connectivity index (χ4n) is 2.34. The lowest BCUT2D eigenvalue weighted by molar-refractivity contribution is -0.141. The summed E-state index contributed by atoms with van der Waals surface area (Å²) in [6, 6.07) is 8.11. The summed E-state index contributed by atoms with van der Waals surface area (Å²) in [4.78, 5) is 12.1. The van der Waals surface area contributed by atoms with Crippen molar-refractivity contribution in [3.05, 3.63) is 65.4 Å². The number of rotatable bonds is 4. The number of nitrogens with zero attached hydrogens (tertiary/aromatic N) is 4. The monoisotopic (exact) mass is 367 g/mol. The third-order valence-electron chi connectivity index (χ3n) is 3.52. The van der Waals surface area contributed by atoms with E-state index in [2.05, 4.69) is 15.5 Å². The second-order valence-electron chi connectivity index (χ2n) is 5.52. The van der Waals surface area contributed by atoms with E-state index in [0.29, 0.717) is 11.6 Å². The van der Waals surface area contributed by atoms with Gasteiger partial charge in [0.1, 0.15) is 11.5 Å². The van der Waals surface area contributed by atoms with Crippen LogP contribution in [-0.4, -0.2) is 25.5 Å². The first-order valence-corrected chi connectivity index (χ1v) is 7.43. The van der Waals surface area contributed by atoms with Gasteiger partial charge in [-0.25, -0.2) is 4.39 Å². The summed E-state index contributed by atoms with van der Waals surface area (Å²) in [5.41, 5.74) is -0.730. The van der Waals surface area contributed by atoms with Gasteiger partial charge < -0.3 is 5.32 Å². The lowest BCUT2D eigenvalue weighted by atomic mass is 10.2. The molecular formula is C16H13F4N5O. The molecule has 1 aromatic carbocycles. The van der Waals surface area contributed by atoms with Crippen molar-refractivity contribution >= 4 is 11.7 Å². The Morgan fingerprint density at radius 1 is 1.19 bits per heavy atom. The summed E-state index contributed by atoms with van der Waals surface area (Å²) in [5.74, 6) is -0.993. The van der Waals surface area contributed by atoms with Crippen LogP contribution in [0.1, 0.15) is 21.7 Å². The van der Waals surface area contributed by atoms with Gasteiger partial charge in [-0.15, -0.1) is 0 Å². The van der Waals surface area contributed by atoms with Crippen molar-refractivity contribution in [1.82, 2.24) is 19.6 Å². The molecule has 2 aromatic heterocycles. The summed E-state index contributed by atoms with van der Waals surface area (Å²) in [5, 5.41) is 9.79. The zero-order chi connectivity index (χ0) is 18.9. The molecule has 10 heteroatoms. The Bertz CT molecular complexity index is 944. The van der Waals surface area contributed by atoms with Crippen LogP contribution in [0.4, 0.5) is 23.4 Å². The SMILES string of the molecule is Cn1nc(C(F)(F)F)cc1C(=O)Nc1ccn(Cc2cccc(F)c2)n1. The smallest absolute Gasteiger partial charge is 0.304 e. The third kappa shape index (κ3) is 3.90. The Hall–Kier alpha value is -3.17. The zero-order valence-electron chi connectivity index (χ0n) is 13.5. The van der Waals surface area contributed by atoms with E-state index in [4.69, 9.17) is 0 Å². The number of carbonyl (C=O) groups is 1. The van der Waals surface area contributed by atoms with Gasteiger partial charge in [-0.3, -0.25) is 14.2 Å². The van der Waals surface area contributed by atoms with Crippen LogP contribution in [0.5, 0.6) is 0 Å². The summed E-state index contributed by atoms with van der Waals surface area (Å²) < 4.78 is 53.5. The van der Waals surface area contributed by atoms with Crippen molar-refractivity contribution in [1.29, 1.82) is 0 Å². The van der Waals surface area contributed by atoms with Gasteiger partial charge in [-0.1, -0.05) is 12.1 Å². The maximum absolute atomic E-state index is 13.2. The summed E-state index contributed by atoms with van der Waals surface area (Å²) >= 11 is 0. The molecule has 3 rings (SSSR count). The summed E-state index contributed by atoms with van der Waals surface area (Å²) in [6.07, 6.45) is -3.08. The van der Waals surface area contributed by atoms with E-state index in [9.17, 15) is 22.4 Å². The Balaban J connectivity index is 1.71. The second-order valence-corrected chi connectivity index (χ2v) is 5.52. The molecule has 26 heavy (non-hydrogen) atoms. The van der Waals surface area contributed by atoms with Crippen molar-refractivity contribution in [2.45, 2.75) is 12.7 Å². The molecular weight excluding hydrogens is 354 g/mol. The van der Waals surface area contributed by atoms with Crippen LogP contribution in [0.15, 0.2) is 42.6 Å². The van der Waals surface area contributed by atoms with Crippen molar-refractivity contribution < 1.29 is 22.4 Å². The predicted molar refractivity (Wildman–Crippen MR) is 83.9 cm³/mol. The van der Waals surface area contributed by atoms with Gasteiger partial charge in [0.15, 0.2) is 11.5 Å². The second kappa shape index (κ2) is 6.62. The van der Waals surface area contributed by atoms with Crippen LogP contribution < -0.4 is 5.32 Å². The number of alkyl halides is 3. The van der Waals surface area contributed by atoms with Crippen LogP contribution in [0, 0.1) is 5.82 Å². The minimum atomic E-state index is -4.64. The highest BCUT2D eigenvalue weighted by Crippen LogP contribution is 2.28. The quantitative estimate of drug-likeness (QED) is 0.721. The maximum Gasteiger partial charge on any atom is 0.435 e. The van der Waals surface area contributed by atoms with E-state index in [1.807, 2.05) is 0 Å². The number of aromatic nitrogens is 4. The number of halogens is 4. The van der Waals surface area contributed by atoms with Gasteiger partial charge in [-0.2, -0.15) is 23.4 Å². The van der Waals surface area contributed by atoms with Gasteiger partial charge in [0.05, 0.1) is 6.54 Å². The molecule has 0 aliphatic carbocycles. The van der Waals surface area contributed by atoms with Crippen molar-refractivity contribution in [2.75, 3.05) is 5.32 Å². The topological polar surface area (TPSA) is 64.7 Å². The number of hydrogen-bond acceptors (Lipinski definition) is 3. The number of carbonyl (C=O) groups excluding carboxylic acids is 1. The molecule has 0 aliphatic rings.